The fraction of sp³-hybridized carbons (Fsp3) is 0.562. The predicted octanol–water partition coefficient (Wildman–Crippen LogP) is 2.24. The quantitative estimate of drug-likeness (QED) is 0.767. The fourth-order valence-electron chi connectivity index (χ4n) is 2.54. The van der Waals surface area contributed by atoms with Gasteiger partial charge in [0.25, 0.3) is 0 Å². The summed E-state index contributed by atoms with van der Waals surface area (Å²) in [6.45, 7) is 8.49. The smallest absolute Gasteiger partial charge is 0.340 e. The first-order chi connectivity index (χ1) is 11.5. The number of aryl methyl sites for hydroxylation is 1. The predicted molar refractivity (Wildman–Crippen MR) is 97.1 cm³/mol. The molecule has 1 aliphatic rings. The van der Waals surface area contributed by atoms with Gasteiger partial charge < -0.3 is 14.5 Å². The zero-order valence-electron chi connectivity index (χ0n) is 14.7. The number of hydrogen-bond donors (Lipinski definition) is 2. The van der Waals surface area contributed by atoms with Crippen LogP contribution in [0.1, 0.15) is 41.2 Å². The van der Waals surface area contributed by atoms with Gasteiger partial charge in [-0.2, -0.15) is 5.10 Å². The minimum absolute atomic E-state index is 0.0756. The molecule has 24 heavy (non-hydrogen) atoms. The summed E-state index contributed by atoms with van der Waals surface area (Å²) in [6, 6.07) is 0.0756. The lowest BCUT2D eigenvalue weighted by Crippen LogP contribution is -2.27. The van der Waals surface area contributed by atoms with Gasteiger partial charge in [0, 0.05) is 18.6 Å². The van der Waals surface area contributed by atoms with E-state index in [2.05, 4.69) is 20.5 Å². The number of nitrogens with one attached hydrogen (secondary N) is 2. The van der Waals surface area contributed by atoms with Gasteiger partial charge in [-0.3, -0.25) is 10.4 Å². The molecular formula is C16H24N4O3S. The molecule has 0 amide bonds. The third-order valence-corrected chi connectivity index (χ3v) is 4.47. The second kappa shape index (κ2) is 8.34. The lowest BCUT2D eigenvalue weighted by molar-refractivity contribution is 0.0525. The highest BCUT2D eigenvalue weighted by Gasteiger charge is 2.23. The molecule has 0 radical (unpaired) electrons. The van der Waals surface area contributed by atoms with Crippen LogP contribution in [0.2, 0.25) is 0 Å². The molecule has 1 aromatic rings. The number of carbonyl (C=O) groups excluding carboxylic acids is 1. The van der Waals surface area contributed by atoms with Crippen LogP contribution >= 0.6 is 11.8 Å². The number of ether oxygens (including phenoxy) is 2. The van der Waals surface area contributed by atoms with Gasteiger partial charge in [-0.05, 0) is 33.3 Å². The monoisotopic (exact) mass is 352 g/mol. The van der Waals surface area contributed by atoms with Crippen LogP contribution in [-0.2, 0) is 9.47 Å². The van der Waals surface area contributed by atoms with E-state index in [1.54, 1.807) is 25.8 Å². The minimum atomic E-state index is -0.303. The Hall–Kier alpha value is -1.80. The van der Waals surface area contributed by atoms with Crippen molar-refractivity contribution >= 4 is 28.6 Å². The molecule has 0 unspecified atom stereocenters. The molecule has 1 aromatic heterocycles. The fourth-order valence-corrected chi connectivity index (χ4v) is 3.38. The van der Waals surface area contributed by atoms with E-state index in [4.69, 9.17) is 9.47 Å². The second-order valence-corrected chi connectivity index (χ2v) is 6.51. The summed E-state index contributed by atoms with van der Waals surface area (Å²) in [4.78, 5) is 19.8. The van der Waals surface area contributed by atoms with Crippen molar-refractivity contribution in [2.75, 3.05) is 26.1 Å². The van der Waals surface area contributed by atoms with Gasteiger partial charge in [0.1, 0.15) is 0 Å². The number of carbonyl (C=O) groups is 1. The maximum atomic E-state index is 12.1. The average Bonchev–Trinajstić information content (AvgIpc) is 2.83. The Morgan fingerprint density at radius 1 is 1.46 bits per heavy atom. The normalized spacial score (nSPS) is 17.4. The van der Waals surface area contributed by atoms with Crippen molar-refractivity contribution in [1.29, 1.82) is 0 Å². The van der Waals surface area contributed by atoms with Gasteiger partial charge in [0.05, 0.1) is 36.2 Å². The molecule has 0 fully saturated rings. The standard InChI is InChI=1S/C16H24N4O3S/c1-6-23-15(21)13-10(3)14(18-11(13)4)12-8-24-16(20-19-12)17-9(2)7-22-5/h9,18H,6-8H2,1-5H3,(H,17,20)/t9-/m0/s1. The lowest BCUT2D eigenvalue weighted by atomic mass is 10.1. The first-order valence-electron chi connectivity index (χ1n) is 7.86. The van der Waals surface area contributed by atoms with E-state index in [9.17, 15) is 4.79 Å². The molecule has 2 rings (SSSR count). The number of nitrogens with zero attached hydrogens (tertiary/aromatic N) is 2. The molecule has 0 bridgehead atoms. The summed E-state index contributed by atoms with van der Waals surface area (Å²) in [6.07, 6.45) is 0. The summed E-state index contributed by atoms with van der Waals surface area (Å²) < 4.78 is 10.2. The molecule has 0 spiro atoms. The molecule has 1 atom stereocenters. The van der Waals surface area contributed by atoms with Crippen molar-refractivity contribution in [3.63, 3.8) is 0 Å². The van der Waals surface area contributed by atoms with E-state index >= 15 is 0 Å². The zero-order chi connectivity index (χ0) is 17.7. The van der Waals surface area contributed by atoms with Crippen molar-refractivity contribution in [3.8, 4) is 0 Å². The van der Waals surface area contributed by atoms with Gasteiger partial charge in [-0.1, -0.05) is 11.8 Å². The summed E-state index contributed by atoms with van der Waals surface area (Å²) in [5, 5.41) is 5.18. The maximum Gasteiger partial charge on any atom is 0.340 e. The molecule has 0 aliphatic carbocycles. The van der Waals surface area contributed by atoms with Gasteiger partial charge >= 0.3 is 5.97 Å². The Labute approximate surface area is 146 Å². The number of rotatable bonds is 6. The number of aromatic amines is 1. The first kappa shape index (κ1) is 18.5. The molecule has 2 N–H and O–H groups in total. The van der Waals surface area contributed by atoms with E-state index in [-0.39, 0.29) is 12.0 Å². The third kappa shape index (κ3) is 4.18. The molecule has 7 nitrogen and oxygen atoms in total. The van der Waals surface area contributed by atoms with Crippen molar-refractivity contribution in [3.05, 3.63) is 22.5 Å². The van der Waals surface area contributed by atoms with Gasteiger partial charge in [0.15, 0.2) is 5.17 Å². The molecule has 0 saturated heterocycles. The lowest BCUT2D eigenvalue weighted by Gasteiger charge is -2.16. The van der Waals surface area contributed by atoms with Crippen LogP contribution in [0.4, 0.5) is 0 Å². The summed E-state index contributed by atoms with van der Waals surface area (Å²) in [5.41, 5.74) is 6.94. The molecule has 8 heteroatoms. The highest BCUT2D eigenvalue weighted by Crippen LogP contribution is 2.22. The van der Waals surface area contributed by atoms with E-state index in [1.165, 1.54) is 0 Å². The highest BCUT2D eigenvalue weighted by molar-refractivity contribution is 8.14. The number of H-pyrrole nitrogens is 1. The van der Waals surface area contributed by atoms with Crippen molar-refractivity contribution in [2.24, 2.45) is 10.1 Å². The molecule has 0 aromatic carbocycles. The van der Waals surface area contributed by atoms with Crippen molar-refractivity contribution in [2.45, 2.75) is 33.7 Å². The Morgan fingerprint density at radius 3 is 2.79 bits per heavy atom. The largest absolute Gasteiger partial charge is 0.462 e. The number of thioether (sulfide) groups is 1. The van der Waals surface area contributed by atoms with Gasteiger partial charge in [-0.25, -0.2) is 4.79 Å². The van der Waals surface area contributed by atoms with E-state index in [0.29, 0.717) is 24.5 Å². The molecule has 132 valence electrons. The van der Waals surface area contributed by atoms with E-state index in [0.717, 1.165) is 27.8 Å². The SMILES string of the molecule is CCOC(=O)c1c(C)[nH]c(C2=NNC(=N[C@@H](C)COC)SC2)c1C. The van der Waals surface area contributed by atoms with Crippen LogP contribution < -0.4 is 5.43 Å². The first-order valence-corrected chi connectivity index (χ1v) is 8.85. The van der Waals surface area contributed by atoms with E-state index < -0.39 is 0 Å². The van der Waals surface area contributed by atoms with Crippen LogP contribution in [0.15, 0.2) is 10.1 Å². The van der Waals surface area contributed by atoms with Gasteiger partial charge in [0.2, 0.25) is 0 Å². The summed E-state index contributed by atoms with van der Waals surface area (Å²) in [7, 11) is 1.66. The van der Waals surface area contributed by atoms with Crippen LogP contribution in [-0.4, -0.2) is 54.0 Å². The van der Waals surface area contributed by atoms with Crippen LogP contribution in [0.5, 0.6) is 0 Å². The molecular weight excluding hydrogens is 328 g/mol. The van der Waals surface area contributed by atoms with Crippen LogP contribution in [0.25, 0.3) is 0 Å². The Balaban J connectivity index is 2.18. The number of amidine groups is 1. The third-order valence-electron chi connectivity index (χ3n) is 3.58. The van der Waals surface area contributed by atoms with Gasteiger partial charge in [-0.15, -0.1) is 0 Å². The topological polar surface area (TPSA) is 88.1 Å². The molecule has 0 saturated carbocycles. The Bertz CT molecular complexity index is 667. The zero-order valence-corrected chi connectivity index (χ0v) is 15.5. The Kier molecular flexibility index (Phi) is 6.44. The van der Waals surface area contributed by atoms with Crippen LogP contribution in [0, 0.1) is 13.8 Å². The minimum Gasteiger partial charge on any atom is -0.462 e. The highest BCUT2D eigenvalue weighted by atomic mass is 32.2. The van der Waals surface area contributed by atoms with Crippen molar-refractivity contribution in [1.82, 2.24) is 10.4 Å². The number of aliphatic imine (C=N–C) groups is 1. The van der Waals surface area contributed by atoms with E-state index in [1.807, 2.05) is 20.8 Å². The number of esters is 1. The average molecular weight is 352 g/mol. The molecule has 2 heterocycles. The maximum absolute atomic E-state index is 12.1. The summed E-state index contributed by atoms with van der Waals surface area (Å²) >= 11 is 1.58. The van der Waals surface area contributed by atoms with Crippen molar-refractivity contribution < 1.29 is 14.3 Å². The number of aromatic nitrogens is 1. The number of hydrazone groups is 1. The second-order valence-electron chi connectivity index (χ2n) is 5.54. The summed E-state index contributed by atoms with van der Waals surface area (Å²) in [5.74, 6) is 0.372. The van der Waals surface area contributed by atoms with Crippen LogP contribution in [0.3, 0.4) is 0 Å². The number of methoxy groups -OCH3 is 1. The number of hydrogen-bond acceptors (Lipinski definition) is 6. The molecule has 1 aliphatic heterocycles. The Morgan fingerprint density at radius 2 is 2.21 bits per heavy atom.